The topological polar surface area (TPSA) is 77.1 Å². The van der Waals surface area contributed by atoms with Crippen molar-refractivity contribution < 1.29 is 23.8 Å². The van der Waals surface area contributed by atoms with E-state index >= 15 is 0 Å². The van der Waals surface area contributed by atoms with Gasteiger partial charge in [-0.1, -0.05) is 29.3 Å². The van der Waals surface area contributed by atoms with Gasteiger partial charge in [-0.05, 0) is 45.4 Å². The Labute approximate surface area is 204 Å². The second-order valence-corrected chi connectivity index (χ2v) is 9.34. The number of nitrogens with one attached hydrogen (secondary N) is 1. The number of hydrogen-bond donors (Lipinski definition) is 1. The number of benzene rings is 2. The summed E-state index contributed by atoms with van der Waals surface area (Å²) in [6.07, 6.45) is 0. The summed E-state index contributed by atoms with van der Waals surface area (Å²) in [7, 11) is 3.05. The fraction of sp³-hybridized carbons (Fsp3) is 0.417. The molecule has 0 saturated heterocycles. The Hall–Kier alpha value is -2.64. The summed E-state index contributed by atoms with van der Waals surface area (Å²) in [5.74, 6) is 0.809. The monoisotopic (exact) mass is 496 g/mol. The molecule has 0 aromatic heterocycles. The van der Waals surface area contributed by atoms with Gasteiger partial charge >= 0.3 is 0 Å². The van der Waals surface area contributed by atoms with Crippen LogP contribution in [0.25, 0.3) is 0 Å². The van der Waals surface area contributed by atoms with E-state index in [0.717, 1.165) is 5.56 Å². The van der Waals surface area contributed by atoms with Crippen LogP contribution in [0.15, 0.2) is 36.4 Å². The molecule has 2 aromatic rings. The molecule has 2 aromatic carbocycles. The van der Waals surface area contributed by atoms with Crippen LogP contribution in [0.3, 0.4) is 0 Å². The molecule has 1 atom stereocenters. The average molecular weight is 497 g/mol. The van der Waals surface area contributed by atoms with Crippen molar-refractivity contribution in [3.63, 3.8) is 0 Å². The van der Waals surface area contributed by atoms with E-state index < -0.39 is 11.6 Å². The maximum absolute atomic E-state index is 13.2. The first-order chi connectivity index (χ1) is 15.4. The van der Waals surface area contributed by atoms with Crippen LogP contribution in [-0.4, -0.2) is 49.1 Å². The van der Waals surface area contributed by atoms with Crippen LogP contribution in [0.2, 0.25) is 10.0 Å². The number of halogens is 2. The summed E-state index contributed by atoms with van der Waals surface area (Å²) in [6, 6.07) is 9.33. The molecule has 1 N–H and O–H groups in total. The fourth-order valence-corrected chi connectivity index (χ4v) is 3.30. The molecule has 7 nitrogen and oxygen atoms in total. The maximum atomic E-state index is 13.2. The van der Waals surface area contributed by atoms with E-state index in [9.17, 15) is 9.59 Å². The number of amides is 2. The summed E-state index contributed by atoms with van der Waals surface area (Å²) >= 11 is 12.2. The zero-order valence-corrected chi connectivity index (χ0v) is 21.2. The van der Waals surface area contributed by atoms with Crippen LogP contribution >= 0.6 is 23.2 Å². The van der Waals surface area contributed by atoms with E-state index in [-0.39, 0.29) is 25.0 Å². The lowest BCUT2D eigenvalue weighted by atomic mass is 10.1. The number of ether oxygens (including phenoxy) is 3. The molecular formula is C24H30Cl2N2O5. The van der Waals surface area contributed by atoms with Crippen molar-refractivity contribution in [1.29, 1.82) is 0 Å². The summed E-state index contributed by atoms with van der Waals surface area (Å²) < 4.78 is 16.2. The zero-order valence-electron chi connectivity index (χ0n) is 19.7. The smallest absolute Gasteiger partial charge is 0.261 e. The minimum Gasteiger partial charge on any atom is -0.496 e. The Morgan fingerprint density at radius 2 is 1.55 bits per heavy atom. The highest BCUT2D eigenvalue weighted by molar-refractivity contribution is 6.42. The van der Waals surface area contributed by atoms with Crippen LogP contribution in [0.4, 0.5) is 0 Å². The van der Waals surface area contributed by atoms with Gasteiger partial charge in [0.05, 0.1) is 24.3 Å². The van der Waals surface area contributed by atoms with Gasteiger partial charge in [0.15, 0.2) is 6.61 Å². The van der Waals surface area contributed by atoms with Crippen molar-refractivity contribution in [2.75, 3.05) is 20.8 Å². The minimum atomic E-state index is -0.755. The van der Waals surface area contributed by atoms with Gasteiger partial charge in [-0.15, -0.1) is 0 Å². The van der Waals surface area contributed by atoms with E-state index in [4.69, 9.17) is 37.4 Å². The lowest BCUT2D eigenvalue weighted by Crippen LogP contribution is -2.53. The van der Waals surface area contributed by atoms with Crippen molar-refractivity contribution >= 4 is 35.0 Å². The number of carbonyl (C=O) groups excluding carboxylic acids is 2. The molecule has 180 valence electrons. The Morgan fingerprint density at radius 1 is 0.970 bits per heavy atom. The van der Waals surface area contributed by atoms with Crippen LogP contribution in [-0.2, 0) is 16.1 Å². The molecule has 0 saturated carbocycles. The molecule has 0 spiro atoms. The molecule has 2 rings (SSSR count). The highest BCUT2D eigenvalue weighted by atomic mass is 35.5. The Bertz CT molecular complexity index is 969. The number of rotatable bonds is 9. The molecule has 0 bridgehead atoms. The van der Waals surface area contributed by atoms with E-state index in [1.54, 1.807) is 43.3 Å². The molecule has 0 aliphatic rings. The van der Waals surface area contributed by atoms with Crippen LogP contribution in [0, 0.1) is 0 Å². The molecular weight excluding hydrogens is 467 g/mol. The van der Waals surface area contributed by atoms with E-state index in [1.165, 1.54) is 19.1 Å². The van der Waals surface area contributed by atoms with Gasteiger partial charge in [-0.3, -0.25) is 9.59 Å². The molecule has 9 heteroatoms. The lowest BCUT2D eigenvalue weighted by molar-refractivity contribution is -0.142. The first kappa shape index (κ1) is 26.6. The highest BCUT2D eigenvalue weighted by Crippen LogP contribution is 2.28. The number of hydrogen-bond acceptors (Lipinski definition) is 5. The van der Waals surface area contributed by atoms with Crippen molar-refractivity contribution in [3.8, 4) is 17.2 Å². The summed E-state index contributed by atoms with van der Waals surface area (Å²) in [5, 5.41) is 3.69. The minimum absolute atomic E-state index is 0.152. The standard InChI is InChI=1S/C24H30Cl2N2O5/c1-15(23(30)27-24(2,3)4)28(13-16-7-8-20(25)21(26)9-16)22(29)14-33-19-11-17(31-5)10-18(12-19)32-6/h7-12,15H,13-14H2,1-6H3,(H,27,30)/t15-/m1/s1. The molecule has 0 unspecified atom stereocenters. The Balaban J connectivity index is 2.24. The normalized spacial score (nSPS) is 12.0. The van der Waals surface area contributed by atoms with Crippen molar-refractivity contribution in [2.24, 2.45) is 0 Å². The van der Waals surface area contributed by atoms with Crippen molar-refractivity contribution in [3.05, 3.63) is 52.0 Å². The van der Waals surface area contributed by atoms with Crippen molar-refractivity contribution in [1.82, 2.24) is 10.2 Å². The SMILES string of the molecule is COc1cc(OC)cc(OCC(=O)N(Cc2ccc(Cl)c(Cl)c2)[C@H](C)C(=O)NC(C)(C)C)c1. The predicted octanol–water partition coefficient (Wildman–Crippen LogP) is 4.72. The molecule has 0 aliphatic carbocycles. The van der Waals surface area contributed by atoms with E-state index in [1.807, 2.05) is 20.8 Å². The average Bonchev–Trinajstić information content (AvgIpc) is 2.76. The fourth-order valence-electron chi connectivity index (χ4n) is 2.98. The first-order valence-corrected chi connectivity index (χ1v) is 11.1. The number of methoxy groups -OCH3 is 2. The quantitative estimate of drug-likeness (QED) is 0.543. The third-order valence-corrected chi connectivity index (χ3v) is 5.43. The summed E-state index contributed by atoms with van der Waals surface area (Å²) in [6.45, 7) is 7.17. The molecule has 2 amide bonds. The zero-order chi connectivity index (χ0) is 24.8. The highest BCUT2D eigenvalue weighted by Gasteiger charge is 2.29. The van der Waals surface area contributed by atoms with Gasteiger partial charge in [-0.2, -0.15) is 0 Å². The van der Waals surface area contributed by atoms with Crippen LogP contribution in [0.5, 0.6) is 17.2 Å². The second-order valence-electron chi connectivity index (χ2n) is 8.52. The number of carbonyl (C=O) groups is 2. The van der Waals surface area contributed by atoms with Gasteiger partial charge in [0.1, 0.15) is 23.3 Å². The summed E-state index contributed by atoms with van der Waals surface area (Å²) in [4.78, 5) is 27.5. The second kappa shape index (κ2) is 11.5. The van der Waals surface area contributed by atoms with Gasteiger partial charge in [-0.25, -0.2) is 0 Å². The van der Waals surface area contributed by atoms with Gasteiger partial charge in [0, 0.05) is 30.3 Å². The van der Waals surface area contributed by atoms with E-state index in [0.29, 0.717) is 27.3 Å². The van der Waals surface area contributed by atoms with E-state index in [2.05, 4.69) is 5.32 Å². The predicted molar refractivity (Wildman–Crippen MR) is 129 cm³/mol. The van der Waals surface area contributed by atoms with Gasteiger partial charge in [0.25, 0.3) is 5.91 Å². The first-order valence-electron chi connectivity index (χ1n) is 10.3. The number of nitrogens with zero attached hydrogens (tertiary/aromatic N) is 1. The molecule has 33 heavy (non-hydrogen) atoms. The van der Waals surface area contributed by atoms with Crippen molar-refractivity contribution in [2.45, 2.75) is 45.8 Å². The Kier molecular flexibility index (Phi) is 9.25. The summed E-state index contributed by atoms with van der Waals surface area (Å²) in [5.41, 5.74) is 0.285. The van der Waals surface area contributed by atoms with Crippen LogP contribution in [0.1, 0.15) is 33.3 Å². The maximum Gasteiger partial charge on any atom is 0.261 e. The van der Waals surface area contributed by atoms with Gasteiger partial charge in [0.2, 0.25) is 5.91 Å². The van der Waals surface area contributed by atoms with Crippen LogP contribution < -0.4 is 19.5 Å². The molecule has 0 aliphatic heterocycles. The molecule has 0 fully saturated rings. The Morgan fingerprint density at radius 3 is 2.06 bits per heavy atom. The third kappa shape index (κ3) is 8.02. The van der Waals surface area contributed by atoms with Gasteiger partial charge < -0.3 is 24.4 Å². The molecule has 0 radical (unpaired) electrons. The largest absolute Gasteiger partial charge is 0.496 e. The lowest BCUT2D eigenvalue weighted by Gasteiger charge is -2.31. The third-order valence-electron chi connectivity index (χ3n) is 4.69. The molecule has 0 heterocycles.